The molecule has 1 fully saturated rings. The zero-order valence-electron chi connectivity index (χ0n) is 14.8. The maximum Gasteiger partial charge on any atom is 0.262 e. The molecule has 3 heterocycles. The Kier molecular flexibility index (Phi) is 4.48. The van der Waals surface area contributed by atoms with Crippen LogP contribution in [0.1, 0.15) is 43.6 Å². The van der Waals surface area contributed by atoms with Gasteiger partial charge in [0.1, 0.15) is 4.83 Å². The fourth-order valence-electron chi connectivity index (χ4n) is 4.56. The minimum Gasteiger partial charge on any atom is -0.301 e. The van der Waals surface area contributed by atoms with Gasteiger partial charge in [0.25, 0.3) is 5.56 Å². The third-order valence-corrected chi connectivity index (χ3v) is 6.74. The molecule has 0 N–H and O–H groups in total. The first-order valence-electron chi connectivity index (χ1n) is 9.34. The molecule has 1 aliphatic carbocycles. The lowest BCUT2D eigenvalue weighted by Crippen LogP contribution is -2.41. The molecule has 0 amide bonds. The van der Waals surface area contributed by atoms with Crippen molar-refractivity contribution in [3.63, 3.8) is 0 Å². The van der Waals surface area contributed by atoms with E-state index in [9.17, 15) is 4.79 Å². The minimum atomic E-state index is 0.178. The van der Waals surface area contributed by atoms with Gasteiger partial charge in [0.15, 0.2) is 0 Å². The Morgan fingerprint density at radius 2 is 1.92 bits per heavy atom. The van der Waals surface area contributed by atoms with Crippen LogP contribution in [0.3, 0.4) is 0 Å². The summed E-state index contributed by atoms with van der Waals surface area (Å²) in [6.45, 7) is 8.69. The molecule has 0 saturated carbocycles. The van der Waals surface area contributed by atoms with Crippen LogP contribution in [-0.4, -0.2) is 34.1 Å². The lowest BCUT2D eigenvalue weighted by atomic mass is 9.92. The molecule has 1 aliphatic heterocycles. The molecule has 0 aromatic carbocycles. The van der Waals surface area contributed by atoms with E-state index in [0.29, 0.717) is 0 Å². The average molecular weight is 346 g/mol. The summed E-state index contributed by atoms with van der Waals surface area (Å²) >= 11 is 1.73. The van der Waals surface area contributed by atoms with Gasteiger partial charge < -0.3 is 4.90 Å². The standard InChI is InChI=1S/C19H27N3OS/c1-13-9-14(2)11-21(10-13)7-8-22-12-20-18-17(19(22)23)15-5-3-4-6-16(15)24-18/h12-14H,3-11H2,1-2H3. The molecule has 0 spiro atoms. The van der Waals surface area contributed by atoms with Gasteiger partial charge in [-0.05, 0) is 49.5 Å². The molecule has 130 valence electrons. The van der Waals surface area contributed by atoms with Crippen LogP contribution in [0.15, 0.2) is 11.1 Å². The van der Waals surface area contributed by atoms with Gasteiger partial charge in [0.05, 0.1) is 11.7 Å². The number of piperidine rings is 1. The van der Waals surface area contributed by atoms with Crippen molar-refractivity contribution in [2.24, 2.45) is 11.8 Å². The van der Waals surface area contributed by atoms with Crippen LogP contribution >= 0.6 is 11.3 Å². The molecular weight excluding hydrogens is 318 g/mol. The van der Waals surface area contributed by atoms with Crippen LogP contribution in [-0.2, 0) is 19.4 Å². The first-order valence-corrected chi connectivity index (χ1v) is 10.2. The number of fused-ring (bicyclic) bond motifs is 3. The fourth-order valence-corrected chi connectivity index (χ4v) is 5.78. The summed E-state index contributed by atoms with van der Waals surface area (Å²) in [5.74, 6) is 1.52. The number of rotatable bonds is 3. The first-order chi connectivity index (χ1) is 11.6. The summed E-state index contributed by atoms with van der Waals surface area (Å²) in [6, 6.07) is 0. The largest absolute Gasteiger partial charge is 0.301 e. The van der Waals surface area contributed by atoms with Crippen LogP contribution in [0.4, 0.5) is 0 Å². The van der Waals surface area contributed by atoms with Crippen LogP contribution < -0.4 is 5.56 Å². The molecule has 2 aromatic rings. The molecule has 0 radical (unpaired) electrons. The van der Waals surface area contributed by atoms with E-state index in [1.807, 2.05) is 4.57 Å². The van der Waals surface area contributed by atoms with Crippen molar-refractivity contribution < 1.29 is 0 Å². The Hall–Kier alpha value is -1.20. The van der Waals surface area contributed by atoms with E-state index in [1.54, 1.807) is 17.7 Å². The number of likely N-dealkylation sites (tertiary alicyclic amines) is 1. The van der Waals surface area contributed by atoms with E-state index in [-0.39, 0.29) is 5.56 Å². The summed E-state index contributed by atoms with van der Waals surface area (Å²) in [4.78, 5) is 22.4. The fraction of sp³-hybridized carbons (Fsp3) is 0.684. The van der Waals surface area contributed by atoms with E-state index < -0.39 is 0 Å². The molecule has 4 nitrogen and oxygen atoms in total. The van der Waals surface area contributed by atoms with Crippen molar-refractivity contribution >= 4 is 21.6 Å². The van der Waals surface area contributed by atoms with E-state index in [1.165, 1.54) is 29.7 Å². The second kappa shape index (κ2) is 6.60. The third kappa shape index (κ3) is 3.04. The van der Waals surface area contributed by atoms with Crippen LogP contribution in [0.5, 0.6) is 0 Å². The molecule has 4 rings (SSSR count). The molecule has 24 heavy (non-hydrogen) atoms. The minimum absolute atomic E-state index is 0.178. The molecule has 2 aromatic heterocycles. The molecule has 5 heteroatoms. The lowest BCUT2D eigenvalue weighted by Gasteiger charge is -2.34. The Morgan fingerprint density at radius 3 is 2.71 bits per heavy atom. The summed E-state index contributed by atoms with van der Waals surface area (Å²) in [5.41, 5.74) is 1.48. The van der Waals surface area contributed by atoms with Gasteiger partial charge in [-0.15, -0.1) is 11.3 Å². The number of aromatic nitrogens is 2. The summed E-state index contributed by atoms with van der Waals surface area (Å²) in [5, 5.41) is 0.914. The number of hydrogen-bond donors (Lipinski definition) is 0. The van der Waals surface area contributed by atoms with E-state index in [4.69, 9.17) is 0 Å². The monoisotopic (exact) mass is 345 g/mol. The predicted octanol–water partition coefficient (Wildman–Crippen LogP) is 3.31. The van der Waals surface area contributed by atoms with Crippen molar-refractivity contribution in [3.05, 3.63) is 27.1 Å². The van der Waals surface area contributed by atoms with Crippen LogP contribution in [0, 0.1) is 11.8 Å². The van der Waals surface area contributed by atoms with E-state index in [0.717, 1.165) is 61.1 Å². The van der Waals surface area contributed by atoms with Gasteiger partial charge in [-0.3, -0.25) is 9.36 Å². The lowest BCUT2D eigenvalue weighted by molar-refractivity contribution is 0.136. The number of nitrogens with zero attached hydrogens (tertiary/aromatic N) is 3. The Balaban J connectivity index is 1.56. The molecule has 2 unspecified atom stereocenters. The molecule has 2 aliphatic rings. The number of aryl methyl sites for hydroxylation is 2. The van der Waals surface area contributed by atoms with Crippen molar-refractivity contribution in [1.29, 1.82) is 0 Å². The van der Waals surface area contributed by atoms with Gasteiger partial charge in [-0.25, -0.2) is 4.98 Å². The Morgan fingerprint density at radius 1 is 1.17 bits per heavy atom. The number of hydrogen-bond acceptors (Lipinski definition) is 4. The molecule has 1 saturated heterocycles. The maximum absolute atomic E-state index is 13.0. The van der Waals surface area contributed by atoms with Gasteiger partial charge in [0.2, 0.25) is 0 Å². The zero-order valence-corrected chi connectivity index (χ0v) is 15.6. The summed E-state index contributed by atoms with van der Waals surface area (Å²) < 4.78 is 1.84. The van der Waals surface area contributed by atoms with Gasteiger partial charge in [-0.1, -0.05) is 13.8 Å². The summed E-state index contributed by atoms with van der Waals surface area (Å²) in [6.07, 6.45) is 7.72. The molecule has 0 bridgehead atoms. The van der Waals surface area contributed by atoms with Crippen LogP contribution in [0.25, 0.3) is 10.2 Å². The zero-order chi connectivity index (χ0) is 16.7. The summed E-state index contributed by atoms with van der Waals surface area (Å²) in [7, 11) is 0. The van der Waals surface area contributed by atoms with Crippen LogP contribution in [0.2, 0.25) is 0 Å². The SMILES string of the molecule is CC1CC(C)CN(CCn2cnc3sc4c(c3c2=O)CCCC4)C1. The normalized spacial score (nSPS) is 25.1. The highest BCUT2D eigenvalue weighted by molar-refractivity contribution is 7.18. The smallest absolute Gasteiger partial charge is 0.262 e. The van der Waals surface area contributed by atoms with Crippen molar-refractivity contribution in [2.75, 3.05) is 19.6 Å². The highest BCUT2D eigenvalue weighted by Crippen LogP contribution is 2.33. The average Bonchev–Trinajstić information content (AvgIpc) is 2.92. The molecule has 2 atom stereocenters. The van der Waals surface area contributed by atoms with Gasteiger partial charge >= 0.3 is 0 Å². The second-order valence-corrected chi connectivity index (χ2v) is 8.92. The second-order valence-electron chi connectivity index (χ2n) is 7.84. The van der Waals surface area contributed by atoms with Crippen molar-refractivity contribution in [3.8, 4) is 0 Å². The maximum atomic E-state index is 13.0. The first kappa shape index (κ1) is 16.3. The van der Waals surface area contributed by atoms with Gasteiger partial charge in [0, 0.05) is 31.1 Å². The highest BCUT2D eigenvalue weighted by atomic mass is 32.1. The van der Waals surface area contributed by atoms with E-state index in [2.05, 4.69) is 23.7 Å². The highest BCUT2D eigenvalue weighted by Gasteiger charge is 2.22. The Bertz CT molecular complexity index is 784. The predicted molar refractivity (Wildman–Crippen MR) is 99.9 cm³/mol. The Labute approximate surface area is 147 Å². The van der Waals surface area contributed by atoms with Gasteiger partial charge in [-0.2, -0.15) is 0 Å². The topological polar surface area (TPSA) is 38.1 Å². The quantitative estimate of drug-likeness (QED) is 0.856. The molecular formula is C19H27N3OS. The third-order valence-electron chi connectivity index (χ3n) is 5.54. The number of thiophene rings is 1. The van der Waals surface area contributed by atoms with E-state index >= 15 is 0 Å². The van der Waals surface area contributed by atoms with Crippen molar-refractivity contribution in [2.45, 2.75) is 52.5 Å². The van der Waals surface area contributed by atoms with Crippen molar-refractivity contribution in [1.82, 2.24) is 14.5 Å².